The van der Waals surface area contributed by atoms with Gasteiger partial charge in [-0.15, -0.1) is 0 Å². The van der Waals surface area contributed by atoms with E-state index in [4.69, 9.17) is 5.26 Å². The van der Waals surface area contributed by atoms with Crippen molar-refractivity contribution in [3.8, 4) is 6.07 Å². The summed E-state index contributed by atoms with van der Waals surface area (Å²) in [5.41, 5.74) is 3.18. The molecule has 2 aromatic rings. The first-order valence-corrected chi connectivity index (χ1v) is 8.76. The average molecular weight is 370 g/mol. The number of nitrogens with zero attached hydrogens (tertiary/aromatic N) is 2. The highest BCUT2D eigenvalue weighted by molar-refractivity contribution is 9.10. The summed E-state index contributed by atoms with van der Waals surface area (Å²) < 4.78 is 1.13. The summed E-state index contributed by atoms with van der Waals surface area (Å²) >= 11 is 3.48. The van der Waals surface area contributed by atoms with Gasteiger partial charge in [-0.1, -0.05) is 28.1 Å². The second-order valence-electron chi connectivity index (χ2n) is 6.01. The van der Waals surface area contributed by atoms with Gasteiger partial charge >= 0.3 is 0 Å². The van der Waals surface area contributed by atoms with Crippen molar-refractivity contribution in [2.75, 3.05) is 18.4 Å². The first-order valence-electron chi connectivity index (χ1n) is 7.96. The van der Waals surface area contributed by atoms with Crippen molar-refractivity contribution in [1.29, 1.82) is 5.26 Å². The molecule has 1 heterocycles. The van der Waals surface area contributed by atoms with Gasteiger partial charge in [0.05, 0.1) is 11.6 Å². The van der Waals surface area contributed by atoms with Crippen LogP contribution in [0.15, 0.2) is 53.0 Å². The van der Waals surface area contributed by atoms with E-state index in [-0.39, 0.29) is 0 Å². The highest BCUT2D eigenvalue weighted by Crippen LogP contribution is 2.19. The minimum Gasteiger partial charge on any atom is -0.382 e. The maximum absolute atomic E-state index is 8.84. The van der Waals surface area contributed by atoms with Gasteiger partial charge in [-0.25, -0.2) is 0 Å². The number of nitriles is 1. The van der Waals surface area contributed by atoms with Crippen LogP contribution in [0.2, 0.25) is 0 Å². The highest BCUT2D eigenvalue weighted by Gasteiger charge is 2.19. The van der Waals surface area contributed by atoms with Crippen molar-refractivity contribution in [2.45, 2.75) is 25.4 Å². The van der Waals surface area contributed by atoms with E-state index >= 15 is 0 Å². The molecule has 1 aliphatic rings. The average Bonchev–Trinajstić information content (AvgIpc) is 2.59. The summed E-state index contributed by atoms with van der Waals surface area (Å²) in [4.78, 5) is 2.51. The van der Waals surface area contributed by atoms with E-state index < -0.39 is 0 Å². The van der Waals surface area contributed by atoms with Crippen LogP contribution in [0.25, 0.3) is 0 Å². The molecular formula is C19H20BrN3. The SMILES string of the molecule is N#Cc1ccc(NC2CCN(Cc3ccc(Br)cc3)CC2)cc1. The number of anilines is 1. The summed E-state index contributed by atoms with van der Waals surface area (Å²) in [6.45, 7) is 3.25. The Morgan fingerprint density at radius 3 is 2.30 bits per heavy atom. The van der Waals surface area contributed by atoms with E-state index in [2.05, 4.69) is 56.5 Å². The Hall–Kier alpha value is -1.83. The van der Waals surface area contributed by atoms with Gasteiger partial charge in [-0.2, -0.15) is 5.26 Å². The molecule has 1 aliphatic heterocycles. The predicted molar refractivity (Wildman–Crippen MR) is 97.2 cm³/mol. The third kappa shape index (κ3) is 4.57. The Bertz CT molecular complexity index is 665. The standard InChI is InChI=1S/C19H20BrN3/c20-17-5-1-16(2-6-17)14-23-11-9-19(10-12-23)22-18-7-3-15(13-21)4-8-18/h1-8,19,22H,9-12,14H2. The Morgan fingerprint density at radius 2 is 1.70 bits per heavy atom. The molecular weight excluding hydrogens is 350 g/mol. The van der Waals surface area contributed by atoms with Crippen LogP contribution in [0.1, 0.15) is 24.0 Å². The lowest BCUT2D eigenvalue weighted by Gasteiger charge is -2.33. The van der Waals surface area contributed by atoms with Gasteiger partial charge in [0.15, 0.2) is 0 Å². The molecule has 0 amide bonds. The first kappa shape index (κ1) is 16.0. The number of likely N-dealkylation sites (tertiary alicyclic amines) is 1. The fourth-order valence-corrected chi connectivity index (χ4v) is 3.22. The summed E-state index contributed by atoms with van der Waals surface area (Å²) in [7, 11) is 0. The van der Waals surface area contributed by atoms with Crippen LogP contribution < -0.4 is 5.32 Å². The number of piperidine rings is 1. The topological polar surface area (TPSA) is 39.1 Å². The summed E-state index contributed by atoms with van der Waals surface area (Å²) in [6.07, 6.45) is 2.30. The van der Waals surface area contributed by atoms with Gasteiger partial charge in [0, 0.05) is 35.8 Å². The maximum Gasteiger partial charge on any atom is 0.0991 e. The molecule has 0 radical (unpaired) electrons. The molecule has 3 nitrogen and oxygen atoms in total. The summed E-state index contributed by atoms with van der Waals surface area (Å²) in [5.74, 6) is 0. The van der Waals surface area contributed by atoms with E-state index in [1.54, 1.807) is 0 Å². The Kier molecular flexibility index (Phi) is 5.32. The van der Waals surface area contributed by atoms with Crippen LogP contribution in [0.4, 0.5) is 5.69 Å². The zero-order valence-corrected chi connectivity index (χ0v) is 14.6. The van der Waals surface area contributed by atoms with Crippen molar-refractivity contribution in [3.63, 3.8) is 0 Å². The largest absolute Gasteiger partial charge is 0.382 e. The molecule has 4 heteroatoms. The van der Waals surface area contributed by atoms with E-state index in [9.17, 15) is 0 Å². The summed E-state index contributed by atoms with van der Waals surface area (Å²) in [5, 5.41) is 12.4. The molecule has 3 rings (SSSR count). The lowest BCUT2D eigenvalue weighted by atomic mass is 10.0. The number of nitrogens with one attached hydrogen (secondary N) is 1. The van der Waals surface area contributed by atoms with E-state index in [1.165, 1.54) is 5.56 Å². The predicted octanol–water partition coefficient (Wildman–Crippen LogP) is 4.40. The molecule has 2 aromatic carbocycles. The molecule has 23 heavy (non-hydrogen) atoms. The summed E-state index contributed by atoms with van der Waals surface area (Å²) in [6, 6.07) is 19.0. The molecule has 118 valence electrons. The van der Waals surface area contributed by atoms with Crippen LogP contribution in [0.5, 0.6) is 0 Å². The fraction of sp³-hybridized carbons (Fsp3) is 0.316. The lowest BCUT2D eigenvalue weighted by molar-refractivity contribution is 0.211. The van der Waals surface area contributed by atoms with Gasteiger partial charge in [-0.3, -0.25) is 4.90 Å². The van der Waals surface area contributed by atoms with E-state index in [1.807, 2.05) is 24.3 Å². The lowest BCUT2D eigenvalue weighted by Crippen LogP contribution is -2.38. The van der Waals surface area contributed by atoms with Crippen molar-refractivity contribution in [3.05, 3.63) is 64.1 Å². The molecule has 1 N–H and O–H groups in total. The van der Waals surface area contributed by atoms with Crippen LogP contribution in [0, 0.1) is 11.3 Å². The molecule has 0 atom stereocenters. The molecule has 0 bridgehead atoms. The molecule has 1 saturated heterocycles. The fourth-order valence-electron chi connectivity index (χ4n) is 2.96. The van der Waals surface area contributed by atoms with Crippen LogP contribution in [-0.4, -0.2) is 24.0 Å². The number of halogens is 1. The van der Waals surface area contributed by atoms with Gasteiger partial charge in [0.1, 0.15) is 0 Å². The highest BCUT2D eigenvalue weighted by atomic mass is 79.9. The van der Waals surface area contributed by atoms with E-state index in [0.717, 1.165) is 42.6 Å². The number of hydrogen-bond donors (Lipinski definition) is 1. The number of hydrogen-bond acceptors (Lipinski definition) is 3. The van der Waals surface area contributed by atoms with Crippen LogP contribution >= 0.6 is 15.9 Å². The van der Waals surface area contributed by atoms with Crippen molar-refractivity contribution in [2.24, 2.45) is 0 Å². The third-order valence-corrected chi connectivity index (χ3v) is 4.82. The van der Waals surface area contributed by atoms with E-state index in [0.29, 0.717) is 11.6 Å². The van der Waals surface area contributed by atoms with Gasteiger partial charge < -0.3 is 5.32 Å². The maximum atomic E-state index is 8.84. The Balaban J connectivity index is 1.48. The molecule has 0 saturated carbocycles. The van der Waals surface area contributed by atoms with Gasteiger partial charge in [0.2, 0.25) is 0 Å². The minimum atomic E-state index is 0.518. The minimum absolute atomic E-state index is 0.518. The number of benzene rings is 2. The zero-order valence-electron chi connectivity index (χ0n) is 13.0. The van der Waals surface area contributed by atoms with Crippen LogP contribution in [0.3, 0.4) is 0 Å². The molecule has 0 aromatic heterocycles. The van der Waals surface area contributed by atoms with Gasteiger partial charge in [0.25, 0.3) is 0 Å². The molecule has 0 aliphatic carbocycles. The van der Waals surface area contributed by atoms with Crippen molar-refractivity contribution < 1.29 is 0 Å². The Labute approximate surface area is 146 Å². The first-order chi connectivity index (χ1) is 11.2. The van der Waals surface area contributed by atoms with Gasteiger partial charge in [-0.05, 0) is 54.8 Å². The van der Waals surface area contributed by atoms with Crippen molar-refractivity contribution in [1.82, 2.24) is 4.90 Å². The zero-order chi connectivity index (χ0) is 16.1. The second kappa shape index (κ2) is 7.63. The normalized spacial score (nSPS) is 16.0. The Morgan fingerprint density at radius 1 is 1.04 bits per heavy atom. The second-order valence-corrected chi connectivity index (χ2v) is 6.93. The number of rotatable bonds is 4. The van der Waals surface area contributed by atoms with Crippen LogP contribution in [-0.2, 0) is 6.54 Å². The monoisotopic (exact) mass is 369 g/mol. The third-order valence-electron chi connectivity index (χ3n) is 4.29. The quantitative estimate of drug-likeness (QED) is 0.867. The molecule has 1 fully saturated rings. The smallest absolute Gasteiger partial charge is 0.0991 e. The molecule has 0 unspecified atom stereocenters. The van der Waals surface area contributed by atoms with Crippen molar-refractivity contribution >= 4 is 21.6 Å². The molecule has 0 spiro atoms.